The molecule has 1 N–H and O–H groups in total. The fraction of sp³-hybridized carbons (Fsp3) is 0.588. The molecule has 0 saturated heterocycles. The van der Waals surface area contributed by atoms with Gasteiger partial charge in [0.05, 0.1) is 23.0 Å². The van der Waals surface area contributed by atoms with E-state index in [1.807, 2.05) is 32.4 Å². The van der Waals surface area contributed by atoms with Gasteiger partial charge in [-0.15, -0.1) is 0 Å². The lowest BCUT2D eigenvalue weighted by molar-refractivity contribution is 0.102. The zero-order valence-corrected chi connectivity index (χ0v) is 15.0. The Bertz CT molecular complexity index is 699. The van der Waals surface area contributed by atoms with Gasteiger partial charge in [-0.25, -0.2) is 0 Å². The average molecular weight is 318 g/mol. The van der Waals surface area contributed by atoms with E-state index < -0.39 is 0 Å². The van der Waals surface area contributed by atoms with Gasteiger partial charge in [0.25, 0.3) is 5.91 Å². The number of aromatic nitrogens is 3. The van der Waals surface area contributed by atoms with Crippen LogP contribution in [0.5, 0.6) is 0 Å². The Morgan fingerprint density at radius 2 is 1.91 bits per heavy atom. The predicted octanol–water partition coefficient (Wildman–Crippen LogP) is 3.74. The van der Waals surface area contributed by atoms with Crippen LogP contribution in [0.1, 0.15) is 70.3 Å². The molecule has 126 valence electrons. The van der Waals surface area contributed by atoms with Crippen LogP contribution < -0.4 is 5.32 Å². The fourth-order valence-electron chi connectivity index (χ4n) is 2.35. The van der Waals surface area contributed by atoms with Crippen LogP contribution in [-0.4, -0.2) is 20.8 Å². The Balaban J connectivity index is 2.25. The minimum absolute atomic E-state index is 0.151. The maximum atomic E-state index is 12.5. The van der Waals surface area contributed by atoms with E-state index in [-0.39, 0.29) is 16.9 Å². The number of rotatable bonds is 3. The molecule has 0 bridgehead atoms. The number of carbonyl (C=O) groups is 1. The molecule has 0 spiro atoms. The second kappa shape index (κ2) is 5.83. The van der Waals surface area contributed by atoms with Crippen molar-refractivity contribution in [1.82, 2.24) is 14.9 Å². The molecule has 1 amide bonds. The fourth-order valence-corrected chi connectivity index (χ4v) is 2.35. The summed E-state index contributed by atoms with van der Waals surface area (Å²) in [5, 5.41) is 11.1. The van der Waals surface area contributed by atoms with Crippen LogP contribution in [0.25, 0.3) is 0 Å². The number of hydrogen-bond acceptors (Lipinski definition) is 4. The molecule has 0 aromatic carbocycles. The number of amides is 1. The van der Waals surface area contributed by atoms with E-state index in [1.165, 1.54) is 0 Å². The maximum Gasteiger partial charge on any atom is 0.260 e. The molecule has 6 nitrogen and oxygen atoms in total. The van der Waals surface area contributed by atoms with Crippen molar-refractivity contribution in [3.8, 4) is 0 Å². The molecule has 2 heterocycles. The summed E-state index contributed by atoms with van der Waals surface area (Å²) in [6.45, 7) is 14.3. The second-order valence-electron chi connectivity index (χ2n) is 7.72. The van der Waals surface area contributed by atoms with Crippen LogP contribution in [0.2, 0.25) is 0 Å². The summed E-state index contributed by atoms with van der Waals surface area (Å²) < 4.78 is 7.19. The third-order valence-electron chi connectivity index (χ3n) is 3.57. The van der Waals surface area contributed by atoms with Crippen molar-refractivity contribution in [3.63, 3.8) is 0 Å². The standard InChI is InChI=1S/C17H26N4O2/c1-8-12-11(10-18-21(12)17(5,6)7)15(22)19-14-9-13(23-20-14)16(2,3)4/h9-10H,8H2,1-7H3,(H,19,20,22). The topological polar surface area (TPSA) is 73.0 Å². The number of carbonyl (C=O) groups excluding carboxylic acids is 1. The van der Waals surface area contributed by atoms with Gasteiger partial charge in [0, 0.05) is 11.5 Å². The monoisotopic (exact) mass is 318 g/mol. The highest BCUT2D eigenvalue weighted by Crippen LogP contribution is 2.25. The van der Waals surface area contributed by atoms with Gasteiger partial charge in [-0.2, -0.15) is 5.10 Å². The molecular weight excluding hydrogens is 292 g/mol. The van der Waals surface area contributed by atoms with Gasteiger partial charge in [0.1, 0.15) is 5.76 Å². The Morgan fingerprint density at radius 3 is 2.39 bits per heavy atom. The summed E-state index contributed by atoms with van der Waals surface area (Å²) >= 11 is 0. The van der Waals surface area contributed by atoms with Crippen molar-refractivity contribution in [2.24, 2.45) is 0 Å². The van der Waals surface area contributed by atoms with Crippen LogP contribution in [0.3, 0.4) is 0 Å². The number of nitrogens with one attached hydrogen (secondary N) is 1. The lowest BCUT2D eigenvalue weighted by atomic mass is 9.93. The molecule has 23 heavy (non-hydrogen) atoms. The summed E-state index contributed by atoms with van der Waals surface area (Å²) in [5.74, 6) is 0.936. The summed E-state index contributed by atoms with van der Waals surface area (Å²) in [6.07, 6.45) is 2.34. The molecule has 0 fully saturated rings. The first-order valence-corrected chi connectivity index (χ1v) is 7.90. The Hall–Kier alpha value is -2.11. The Kier molecular flexibility index (Phi) is 4.37. The van der Waals surface area contributed by atoms with Crippen LogP contribution in [0.4, 0.5) is 5.82 Å². The lowest BCUT2D eigenvalue weighted by Gasteiger charge is -2.22. The zero-order valence-electron chi connectivity index (χ0n) is 15.0. The molecule has 0 saturated carbocycles. The zero-order chi connectivity index (χ0) is 17.4. The van der Waals surface area contributed by atoms with Crippen molar-refractivity contribution in [2.45, 2.75) is 65.8 Å². The van der Waals surface area contributed by atoms with E-state index in [0.29, 0.717) is 11.4 Å². The van der Waals surface area contributed by atoms with Crippen molar-refractivity contribution < 1.29 is 9.32 Å². The van der Waals surface area contributed by atoms with E-state index in [1.54, 1.807) is 12.3 Å². The molecule has 6 heteroatoms. The molecule has 0 unspecified atom stereocenters. The van der Waals surface area contributed by atoms with Gasteiger partial charge in [0.2, 0.25) is 0 Å². The number of hydrogen-bond donors (Lipinski definition) is 1. The smallest absolute Gasteiger partial charge is 0.260 e. The van der Waals surface area contributed by atoms with Gasteiger partial charge in [-0.05, 0) is 27.2 Å². The van der Waals surface area contributed by atoms with Crippen LogP contribution in [0, 0.1) is 0 Å². The molecule has 0 aliphatic rings. The lowest BCUT2D eigenvalue weighted by Crippen LogP contribution is -2.26. The Morgan fingerprint density at radius 1 is 1.26 bits per heavy atom. The minimum Gasteiger partial charge on any atom is -0.359 e. The van der Waals surface area contributed by atoms with Crippen molar-refractivity contribution in [1.29, 1.82) is 0 Å². The second-order valence-corrected chi connectivity index (χ2v) is 7.72. The average Bonchev–Trinajstić information content (AvgIpc) is 3.02. The van der Waals surface area contributed by atoms with Crippen molar-refractivity contribution in [3.05, 3.63) is 29.3 Å². The molecule has 2 aromatic rings. The minimum atomic E-state index is -0.217. The van der Waals surface area contributed by atoms with Gasteiger partial charge in [0.15, 0.2) is 5.82 Å². The van der Waals surface area contributed by atoms with E-state index in [2.05, 4.69) is 36.3 Å². The molecule has 0 radical (unpaired) electrons. The first-order valence-electron chi connectivity index (χ1n) is 7.90. The van der Waals surface area contributed by atoms with Crippen LogP contribution >= 0.6 is 0 Å². The van der Waals surface area contributed by atoms with Gasteiger partial charge < -0.3 is 9.84 Å². The summed E-state index contributed by atoms with van der Waals surface area (Å²) in [4.78, 5) is 12.5. The van der Waals surface area contributed by atoms with Crippen LogP contribution in [-0.2, 0) is 17.4 Å². The molecule has 0 aliphatic carbocycles. The largest absolute Gasteiger partial charge is 0.359 e. The van der Waals surface area contributed by atoms with Crippen molar-refractivity contribution >= 4 is 11.7 Å². The molecule has 2 rings (SSSR count). The van der Waals surface area contributed by atoms with Gasteiger partial charge in [-0.1, -0.05) is 32.9 Å². The quantitative estimate of drug-likeness (QED) is 0.935. The van der Waals surface area contributed by atoms with Crippen LogP contribution in [0.15, 0.2) is 16.8 Å². The van der Waals surface area contributed by atoms with Gasteiger partial charge >= 0.3 is 0 Å². The van der Waals surface area contributed by atoms with E-state index in [0.717, 1.165) is 17.9 Å². The third kappa shape index (κ3) is 3.63. The summed E-state index contributed by atoms with van der Waals surface area (Å²) in [6, 6.07) is 1.76. The van der Waals surface area contributed by atoms with E-state index >= 15 is 0 Å². The molecule has 0 aliphatic heterocycles. The summed E-state index contributed by atoms with van der Waals surface area (Å²) in [5.41, 5.74) is 1.16. The van der Waals surface area contributed by atoms with Gasteiger partial charge in [-0.3, -0.25) is 9.48 Å². The van der Waals surface area contributed by atoms with E-state index in [9.17, 15) is 4.79 Å². The highest BCUT2D eigenvalue weighted by Gasteiger charge is 2.24. The number of nitrogens with zero attached hydrogens (tertiary/aromatic N) is 3. The predicted molar refractivity (Wildman–Crippen MR) is 89.8 cm³/mol. The van der Waals surface area contributed by atoms with E-state index in [4.69, 9.17) is 4.52 Å². The highest BCUT2D eigenvalue weighted by molar-refractivity contribution is 6.04. The summed E-state index contributed by atoms with van der Waals surface area (Å²) in [7, 11) is 0. The Labute approximate surface area is 137 Å². The highest BCUT2D eigenvalue weighted by atomic mass is 16.5. The SMILES string of the molecule is CCc1c(C(=O)Nc2cc(C(C)(C)C)on2)cnn1C(C)(C)C. The molecule has 0 atom stereocenters. The first-order chi connectivity index (χ1) is 10.5. The molecule has 2 aromatic heterocycles. The maximum absolute atomic E-state index is 12.5. The van der Waals surface area contributed by atoms with Crippen molar-refractivity contribution in [2.75, 3.05) is 5.32 Å². The normalized spacial score (nSPS) is 12.5. The number of anilines is 1. The first kappa shape index (κ1) is 17.2. The third-order valence-corrected chi connectivity index (χ3v) is 3.57. The molecular formula is C17H26N4O2.